The number of carbonyl (C=O) groups excluding carboxylic acids is 2. The molecular formula is C22H25NO2. The molecule has 0 spiro atoms. The van der Waals surface area contributed by atoms with Gasteiger partial charge in [0.15, 0.2) is 11.6 Å². The van der Waals surface area contributed by atoms with Gasteiger partial charge in [-0.05, 0) is 31.0 Å². The second-order valence-corrected chi connectivity index (χ2v) is 6.63. The first-order valence-corrected chi connectivity index (χ1v) is 9.24. The molecule has 0 aliphatic heterocycles. The van der Waals surface area contributed by atoms with Crippen molar-refractivity contribution in [2.75, 3.05) is 18.0 Å². The second kappa shape index (κ2) is 7.64. The zero-order valence-corrected chi connectivity index (χ0v) is 15.0. The van der Waals surface area contributed by atoms with Gasteiger partial charge in [0.2, 0.25) is 0 Å². The number of fused-ring (bicyclic) bond motifs is 2. The van der Waals surface area contributed by atoms with Crippen LogP contribution in [0, 0.1) is 0 Å². The monoisotopic (exact) mass is 335 g/mol. The maximum absolute atomic E-state index is 12.9. The third kappa shape index (κ3) is 3.37. The van der Waals surface area contributed by atoms with E-state index in [-0.39, 0.29) is 11.6 Å². The van der Waals surface area contributed by atoms with Crippen molar-refractivity contribution in [3.05, 3.63) is 64.7 Å². The smallest absolute Gasteiger partial charge is 0.194 e. The van der Waals surface area contributed by atoms with Crippen LogP contribution in [0.5, 0.6) is 0 Å². The molecule has 0 radical (unpaired) electrons. The Balaban J connectivity index is 1.98. The number of unbranched alkanes of at least 4 members (excludes halogenated alkanes) is 2. The molecule has 0 unspecified atom stereocenters. The molecular weight excluding hydrogens is 310 g/mol. The van der Waals surface area contributed by atoms with Gasteiger partial charge in [-0.1, -0.05) is 51.0 Å². The molecule has 2 aromatic carbocycles. The lowest BCUT2D eigenvalue weighted by molar-refractivity contribution is 0.0979. The summed E-state index contributed by atoms with van der Waals surface area (Å²) >= 11 is 0. The lowest BCUT2D eigenvalue weighted by atomic mass is 9.84. The SMILES string of the molecule is CCCCN(CCCC)c1ccc2c(c1)C(=O)c1ccccc1C2=O. The highest BCUT2D eigenvalue weighted by Gasteiger charge is 2.29. The quantitative estimate of drug-likeness (QED) is 0.618. The fourth-order valence-electron chi connectivity index (χ4n) is 3.35. The van der Waals surface area contributed by atoms with Gasteiger partial charge in [-0.25, -0.2) is 0 Å². The van der Waals surface area contributed by atoms with E-state index in [9.17, 15) is 9.59 Å². The molecule has 3 heteroatoms. The molecule has 130 valence electrons. The summed E-state index contributed by atoms with van der Waals surface area (Å²) in [6, 6.07) is 12.8. The number of hydrogen-bond donors (Lipinski definition) is 0. The third-order valence-electron chi connectivity index (χ3n) is 4.84. The van der Waals surface area contributed by atoms with Gasteiger partial charge in [-0.2, -0.15) is 0 Å². The van der Waals surface area contributed by atoms with Crippen LogP contribution in [-0.2, 0) is 0 Å². The molecule has 25 heavy (non-hydrogen) atoms. The van der Waals surface area contributed by atoms with Crippen LogP contribution in [0.25, 0.3) is 0 Å². The van der Waals surface area contributed by atoms with Crippen LogP contribution < -0.4 is 4.90 Å². The first-order chi connectivity index (χ1) is 12.2. The maximum atomic E-state index is 12.9. The molecule has 0 saturated carbocycles. The summed E-state index contributed by atoms with van der Waals surface area (Å²) in [5.41, 5.74) is 3.14. The molecule has 1 aliphatic rings. The van der Waals surface area contributed by atoms with Crippen LogP contribution in [0.4, 0.5) is 5.69 Å². The van der Waals surface area contributed by atoms with E-state index in [0.717, 1.165) is 44.5 Å². The minimum Gasteiger partial charge on any atom is -0.372 e. The molecule has 0 aromatic heterocycles. The van der Waals surface area contributed by atoms with E-state index in [1.165, 1.54) is 0 Å². The summed E-state index contributed by atoms with van der Waals surface area (Å²) in [7, 11) is 0. The lowest BCUT2D eigenvalue weighted by Crippen LogP contribution is -2.27. The fourth-order valence-corrected chi connectivity index (χ4v) is 3.35. The largest absolute Gasteiger partial charge is 0.372 e. The number of hydrogen-bond acceptors (Lipinski definition) is 3. The molecule has 0 amide bonds. The predicted molar refractivity (Wildman–Crippen MR) is 102 cm³/mol. The van der Waals surface area contributed by atoms with Crippen LogP contribution in [0.2, 0.25) is 0 Å². The molecule has 2 aromatic rings. The van der Waals surface area contributed by atoms with Crippen molar-refractivity contribution >= 4 is 17.3 Å². The molecule has 3 nitrogen and oxygen atoms in total. The lowest BCUT2D eigenvalue weighted by Gasteiger charge is -2.26. The molecule has 0 fully saturated rings. The number of ketones is 2. The minimum absolute atomic E-state index is 0.0435. The van der Waals surface area contributed by atoms with E-state index in [1.807, 2.05) is 24.3 Å². The summed E-state index contributed by atoms with van der Waals surface area (Å²) in [4.78, 5) is 27.9. The minimum atomic E-state index is -0.0505. The van der Waals surface area contributed by atoms with E-state index >= 15 is 0 Å². The Morgan fingerprint density at radius 3 is 1.80 bits per heavy atom. The zero-order chi connectivity index (χ0) is 17.8. The van der Waals surface area contributed by atoms with Crippen molar-refractivity contribution in [3.8, 4) is 0 Å². The van der Waals surface area contributed by atoms with E-state index in [0.29, 0.717) is 22.3 Å². The van der Waals surface area contributed by atoms with Crippen LogP contribution in [0.15, 0.2) is 42.5 Å². The van der Waals surface area contributed by atoms with Gasteiger partial charge in [-0.15, -0.1) is 0 Å². The van der Waals surface area contributed by atoms with Crippen molar-refractivity contribution in [1.82, 2.24) is 0 Å². The van der Waals surface area contributed by atoms with Crippen molar-refractivity contribution in [3.63, 3.8) is 0 Å². The Hall–Kier alpha value is -2.42. The second-order valence-electron chi connectivity index (χ2n) is 6.63. The third-order valence-corrected chi connectivity index (χ3v) is 4.84. The van der Waals surface area contributed by atoms with Crippen LogP contribution >= 0.6 is 0 Å². The van der Waals surface area contributed by atoms with Gasteiger partial charge in [0.1, 0.15) is 0 Å². The van der Waals surface area contributed by atoms with Crippen molar-refractivity contribution < 1.29 is 9.59 Å². The van der Waals surface area contributed by atoms with Crippen molar-refractivity contribution in [1.29, 1.82) is 0 Å². The van der Waals surface area contributed by atoms with Crippen molar-refractivity contribution in [2.24, 2.45) is 0 Å². The average Bonchev–Trinajstić information content (AvgIpc) is 2.66. The van der Waals surface area contributed by atoms with Crippen LogP contribution in [0.1, 0.15) is 71.4 Å². The van der Waals surface area contributed by atoms with Gasteiger partial charge >= 0.3 is 0 Å². The maximum Gasteiger partial charge on any atom is 0.194 e. The molecule has 0 saturated heterocycles. The summed E-state index contributed by atoms with van der Waals surface area (Å²) in [6.45, 7) is 6.33. The van der Waals surface area contributed by atoms with E-state index in [4.69, 9.17) is 0 Å². The average molecular weight is 335 g/mol. The Labute approximate surface area is 149 Å². The number of nitrogens with zero attached hydrogens (tertiary/aromatic N) is 1. The normalized spacial score (nSPS) is 12.7. The highest BCUT2D eigenvalue weighted by atomic mass is 16.1. The molecule has 1 aliphatic carbocycles. The summed E-state index contributed by atoms with van der Waals surface area (Å²) in [5, 5.41) is 0. The standard InChI is InChI=1S/C22H25NO2/c1-3-5-13-23(14-6-4-2)16-11-12-19-20(15-16)22(25)18-10-8-7-9-17(18)21(19)24/h7-12,15H,3-6,13-14H2,1-2H3. The summed E-state index contributed by atoms with van der Waals surface area (Å²) < 4.78 is 0. The van der Waals surface area contributed by atoms with Gasteiger partial charge in [0.05, 0.1) is 0 Å². The summed E-state index contributed by atoms with van der Waals surface area (Å²) in [5.74, 6) is -0.0941. The molecule has 0 N–H and O–H groups in total. The Morgan fingerprint density at radius 1 is 0.720 bits per heavy atom. The van der Waals surface area contributed by atoms with Gasteiger partial charge in [0.25, 0.3) is 0 Å². The van der Waals surface area contributed by atoms with Gasteiger partial charge in [-0.3, -0.25) is 9.59 Å². The Kier molecular flexibility index (Phi) is 5.32. The van der Waals surface area contributed by atoms with Crippen molar-refractivity contribution in [2.45, 2.75) is 39.5 Å². The molecule has 3 rings (SSSR count). The number of benzene rings is 2. The first-order valence-electron chi connectivity index (χ1n) is 9.24. The molecule has 0 atom stereocenters. The highest BCUT2D eigenvalue weighted by Crippen LogP contribution is 2.30. The number of anilines is 1. The fraction of sp³-hybridized carbons (Fsp3) is 0.364. The Bertz CT molecular complexity index is 786. The zero-order valence-electron chi connectivity index (χ0n) is 15.0. The predicted octanol–water partition coefficient (Wildman–Crippen LogP) is 4.87. The van der Waals surface area contributed by atoms with E-state index < -0.39 is 0 Å². The van der Waals surface area contributed by atoms with E-state index in [2.05, 4.69) is 18.7 Å². The van der Waals surface area contributed by atoms with Crippen LogP contribution in [0.3, 0.4) is 0 Å². The van der Waals surface area contributed by atoms with E-state index in [1.54, 1.807) is 18.2 Å². The topological polar surface area (TPSA) is 37.4 Å². The first kappa shape index (κ1) is 17.4. The highest BCUT2D eigenvalue weighted by molar-refractivity contribution is 6.28. The Morgan fingerprint density at radius 2 is 1.24 bits per heavy atom. The molecule has 0 heterocycles. The van der Waals surface area contributed by atoms with Crippen LogP contribution in [-0.4, -0.2) is 24.7 Å². The summed E-state index contributed by atoms with van der Waals surface area (Å²) in [6.07, 6.45) is 4.52. The number of carbonyl (C=O) groups is 2. The van der Waals surface area contributed by atoms with Gasteiger partial charge in [0, 0.05) is 41.0 Å². The van der Waals surface area contributed by atoms with Gasteiger partial charge < -0.3 is 4.90 Å². The number of rotatable bonds is 7. The molecule has 0 bridgehead atoms.